The number of rotatable bonds is 9. The van der Waals surface area contributed by atoms with Gasteiger partial charge in [0.05, 0.1) is 20.3 Å². The number of guanidine groups is 1. The third kappa shape index (κ3) is 7.57. The second kappa shape index (κ2) is 12.8. The molecule has 1 aromatic heterocycles. The van der Waals surface area contributed by atoms with E-state index in [0.29, 0.717) is 19.1 Å². The summed E-state index contributed by atoms with van der Waals surface area (Å²) in [6.45, 7) is 9.11. The molecular formula is C20H30IN3O2S. The number of benzene rings is 1. The maximum atomic E-state index is 5.56. The summed E-state index contributed by atoms with van der Waals surface area (Å²) in [6.07, 6.45) is 0. The Morgan fingerprint density at radius 3 is 2.63 bits per heavy atom. The molecular weight excluding hydrogens is 473 g/mol. The zero-order valence-corrected chi connectivity index (χ0v) is 19.6. The largest absolute Gasteiger partial charge is 0.493 e. The highest BCUT2D eigenvalue weighted by atomic mass is 127. The number of nitrogens with zero attached hydrogens (tertiary/aromatic N) is 1. The lowest BCUT2D eigenvalue weighted by molar-refractivity contribution is 0.310. The van der Waals surface area contributed by atoms with Crippen molar-refractivity contribution < 1.29 is 9.47 Å². The SMILES string of the molecule is CCNC(=NCc1ccc(OCC)c(OC)c1)NCC(C)c1ccsc1.I. The lowest BCUT2D eigenvalue weighted by Gasteiger charge is -2.15. The molecule has 0 aliphatic rings. The molecule has 0 aliphatic carbocycles. The molecule has 2 rings (SSSR count). The van der Waals surface area contributed by atoms with Gasteiger partial charge in [-0.05, 0) is 59.9 Å². The Hall–Kier alpha value is -1.48. The van der Waals surface area contributed by atoms with Crippen molar-refractivity contribution in [2.45, 2.75) is 33.2 Å². The Morgan fingerprint density at radius 2 is 2.00 bits per heavy atom. The number of thiophene rings is 1. The van der Waals surface area contributed by atoms with E-state index in [1.165, 1.54) is 5.56 Å². The highest BCUT2D eigenvalue weighted by Crippen LogP contribution is 2.28. The summed E-state index contributed by atoms with van der Waals surface area (Å²) >= 11 is 1.73. The first-order valence-electron chi connectivity index (χ1n) is 9.01. The topological polar surface area (TPSA) is 54.9 Å². The minimum atomic E-state index is 0. The molecule has 1 aromatic carbocycles. The second-order valence-electron chi connectivity index (χ2n) is 5.95. The molecule has 7 heteroatoms. The van der Waals surface area contributed by atoms with E-state index in [9.17, 15) is 0 Å². The predicted octanol–water partition coefficient (Wildman–Crippen LogP) is 4.63. The monoisotopic (exact) mass is 503 g/mol. The number of aliphatic imine (C=N–C) groups is 1. The Bertz CT molecular complexity index is 693. The lowest BCUT2D eigenvalue weighted by Crippen LogP contribution is -2.39. The molecule has 1 atom stereocenters. The fourth-order valence-electron chi connectivity index (χ4n) is 2.52. The lowest BCUT2D eigenvalue weighted by atomic mass is 10.1. The van der Waals surface area contributed by atoms with E-state index in [1.807, 2.05) is 25.1 Å². The smallest absolute Gasteiger partial charge is 0.191 e. The molecule has 150 valence electrons. The van der Waals surface area contributed by atoms with Gasteiger partial charge in [-0.3, -0.25) is 0 Å². The molecule has 27 heavy (non-hydrogen) atoms. The van der Waals surface area contributed by atoms with Crippen LogP contribution in [0, 0.1) is 0 Å². The standard InChI is InChI=1S/C20H29N3O2S.HI/c1-5-21-20(22-12-15(3)17-9-10-26-14-17)23-13-16-7-8-18(25-6-2)19(11-16)24-4;/h7-11,14-15H,5-6,12-13H2,1-4H3,(H2,21,22,23);1H. The molecule has 2 aromatic rings. The van der Waals surface area contributed by atoms with E-state index in [2.05, 4.69) is 46.3 Å². The average molecular weight is 503 g/mol. The van der Waals surface area contributed by atoms with Crippen molar-refractivity contribution in [2.24, 2.45) is 4.99 Å². The summed E-state index contributed by atoms with van der Waals surface area (Å²) in [5.41, 5.74) is 2.43. The van der Waals surface area contributed by atoms with Crippen molar-refractivity contribution in [1.82, 2.24) is 10.6 Å². The van der Waals surface area contributed by atoms with Crippen LogP contribution >= 0.6 is 35.3 Å². The molecule has 0 spiro atoms. The minimum Gasteiger partial charge on any atom is -0.493 e. The molecule has 0 bridgehead atoms. The van der Waals surface area contributed by atoms with E-state index >= 15 is 0 Å². The van der Waals surface area contributed by atoms with Gasteiger partial charge in [0, 0.05) is 13.1 Å². The summed E-state index contributed by atoms with van der Waals surface area (Å²) in [7, 11) is 1.66. The van der Waals surface area contributed by atoms with Crippen LogP contribution in [0.25, 0.3) is 0 Å². The van der Waals surface area contributed by atoms with Gasteiger partial charge >= 0.3 is 0 Å². The van der Waals surface area contributed by atoms with Crippen molar-refractivity contribution in [3.05, 3.63) is 46.2 Å². The Kier molecular flexibility index (Phi) is 11.2. The molecule has 1 heterocycles. The van der Waals surface area contributed by atoms with Gasteiger partial charge in [0.1, 0.15) is 0 Å². The van der Waals surface area contributed by atoms with Crippen LogP contribution in [0.1, 0.15) is 37.8 Å². The first-order chi connectivity index (χ1) is 12.7. The predicted molar refractivity (Wildman–Crippen MR) is 125 cm³/mol. The van der Waals surface area contributed by atoms with Crippen molar-refractivity contribution in [3.8, 4) is 11.5 Å². The maximum absolute atomic E-state index is 5.56. The van der Waals surface area contributed by atoms with E-state index < -0.39 is 0 Å². The number of hydrogen-bond acceptors (Lipinski definition) is 4. The van der Waals surface area contributed by atoms with Gasteiger partial charge in [0.25, 0.3) is 0 Å². The van der Waals surface area contributed by atoms with Gasteiger partial charge in [-0.1, -0.05) is 13.0 Å². The van der Waals surface area contributed by atoms with Gasteiger partial charge in [0.2, 0.25) is 0 Å². The van der Waals surface area contributed by atoms with Crippen LogP contribution in [0.2, 0.25) is 0 Å². The number of methoxy groups -OCH3 is 1. The highest BCUT2D eigenvalue weighted by Gasteiger charge is 2.08. The van der Waals surface area contributed by atoms with E-state index in [1.54, 1.807) is 18.4 Å². The molecule has 2 N–H and O–H groups in total. The molecule has 0 saturated carbocycles. The maximum Gasteiger partial charge on any atom is 0.191 e. The highest BCUT2D eigenvalue weighted by molar-refractivity contribution is 14.0. The molecule has 0 amide bonds. The summed E-state index contributed by atoms with van der Waals surface area (Å²) in [5, 5.41) is 11.0. The Balaban J connectivity index is 0.00000364. The fourth-order valence-corrected chi connectivity index (χ4v) is 3.30. The zero-order valence-electron chi connectivity index (χ0n) is 16.5. The van der Waals surface area contributed by atoms with Crippen LogP contribution in [-0.2, 0) is 6.54 Å². The fraction of sp³-hybridized carbons (Fsp3) is 0.450. The number of hydrogen-bond donors (Lipinski definition) is 2. The van der Waals surface area contributed by atoms with Gasteiger partial charge in [-0.25, -0.2) is 4.99 Å². The van der Waals surface area contributed by atoms with Crippen molar-refractivity contribution in [3.63, 3.8) is 0 Å². The quantitative estimate of drug-likeness (QED) is 0.298. The van der Waals surface area contributed by atoms with Crippen LogP contribution in [0.3, 0.4) is 0 Å². The number of halogens is 1. The zero-order chi connectivity index (χ0) is 18.8. The van der Waals surface area contributed by atoms with Crippen molar-refractivity contribution >= 4 is 41.3 Å². The first kappa shape index (κ1) is 23.6. The average Bonchev–Trinajstić information content (AvgIpc) is 3.19. The van der Waals surface area contributed by atoms with Crippen LogP contribution in [-0.4, -0.2) is 32.8 Å². The van der Waals surface area contributed by atoms with Gasteiger partial charge < -0.3 is 20.1 Å². The summed E-state index contributed by atoms with van der Waals surface area (Å²) in [4.78, 5) is 4.69. The van der Waals surface area contributed by atoms with Crippen LogP contribution in [0.5, 0.6) is 11.5 Å². The third-order valence-corrected chi connectivity index (χ3v) is 4.68. The van der Waals surface area contributed by atoms with Gasteiger partial charge in [0.15, 0.2) is 17.5 Å². The molecule has 0 saturated heterocycles. The van der Waals surface area contributed by atoms with Gasteiger partial charge in [-0.2, -0.15) is 11.3 Å². The normalized spacial score (nSPS) is 12.1. The number of ether oxygens (including phenoxy) is 2. The summed E-state index contributed by atoms with van der Waals surface area (Å²) in [5.74, 6) is 2.76. The molecule has 0 aliphatic heterocycles. The van der Waals surface area contributed by atoms with Crippen molar-refractivity contribution in [2.75, 3.05) is 26.8 Å². The van der Waals surface area contributed by atoms with Crippen LogP contribution in [0.4, 0.5) is 0 Å². The third-order valence-electron chi connectivity index (χ3n) is 3.98. The van der Waals surface area contributed by atoms with Gasteiger partial charge in [-0.15, -0.1) is 24.0 Å². The molecule has 5 nitrogen and oxygen atoms in total. The first-order valence-corrected chi connectivity index (χ1v) is 9.96. The van der Waals surface area contributed by atoms with E-state index in [0.717, 1.165) is 36.1 Å². The summed E-state index contributed by atoms with van der Waals surface area (Å²) < 4.78 is 11.0. The Morgan fingerprint density at radius 1 is 1.19 bits per heavy atom. The molecule has 0 fully saturated rings. The Labute approximate surface area is 183 Å². The second-order valence-corrected chi connectivity index (χ2v) is 6.73. The van der Waals surface area contributed by atoms with Crippen LogP contribution < -0.4 is 20.1 Å². The van der Waals surface area contributed by atoms with Crippen molar-refractivity contribution in [1.29, 1.82) is 0 Å². The van der Waals surface area contributed by atoms with E-state index in [4.69, 9.17) is 9.47 Å². The number of nitrogens with one attached hydrogen (secondary N) is 2. The van der Waals surface area contributed by atoms with E-state index in [-0.39, 0.29) is 24.0 Å². The molecule has 0 radical (unpaired) electrons. The van der Waals surface area contributed by atoms with Crippen LogP contribution in [0.15, 0.2) is 40.0 Å². The minimum absolute atomic E-state index is 0. The molecule has 1 unspecified atom stereocenters. The summed E-state index contributed by atoms with van der Waals surface area (Å²) in [6, 6.07) is 8.11.